The highest BCUT2D eigenvalue weighted by molar-refractivity contribution is 5.80. The number of carbonyl (C=O) groups excluding carboxylic acids is 1. The average Bonchev–Trinajstić information content (AvgIpc) is 3.58. The zero-order valence-electron chi connectivity index (χ0n) is 21.6. The van der Waals surface area contributed by atoms with Crippen LogP contribution in [0.25, 0.3) is 17.0 Å². The summed E-state index contributed by atoms with van der Waals surface area (Å²) < 4.78 is 18.0. The maximum Gasteiger partial charge on any atom is 0.244 e. The molecule has 1 aliphatic rings. The molecule has 1 amide bonds. The molecule has 0 radical (unpaired) electrons. The summed E-state index contributed by atoms with van der Waals surface area (Å²) in [5.74, 6) is 2.10. The number of benzene rings is 3. The van der Waals surface area contributed by atoms with Crippen LogP contribution in [-0.2, 0) is 16.2 Å². The Bertz CT molecular complexity index is 1460. The van der Waals surface area contributed by atoms with E-state index in [9.17, 15) is 4.79 Å². The Morgan fingerprint density at radius 1 is 0.868 bits per heavy atom. The van der Waals surface area contributed by atoms with E-state index in [0.717, 1.165) is 22.6 Å². The lowest BCUT2D eigenvalue weighted by Crippen LogP contribution is -2.37. The molecular weight excluding hydrogens is 484 g/mol. The van der Waals surface area contributed by atoms with Crippen molar-refractivity contribution in [3.8, 4) is 28.5 Å². The highest BCUT2D eigenvalue weighted by Crippen LogP contribution is 2.37. The van der Waals surface area contributed by atoms with Gasteiger partial charge in [0.25, 0.3) is 0 Å². The van der Waals surface area contributed by atoms with Crippen molar-refractivity contribution in [3.63, 3.8) is 0 Å². The molecule has 0 fully saturated rings. The van der Waals surface area contributed by atoms with E-state index in [1.807, 2.05) is 65.3 Å². The molecule has 1 aliphatic heterocycles. The number of carbonyl (C=O) groups is 1. The molecule has 0 spiro atoms. The van der Waals surface area contributed by atoms with Gasteiger partial charge in [-0.1, -0.05) is 30.3 Å². The van der Waals surface area contributed by atoms with Gasteiger partial charge in [-0.2, -0.15) is 10.1 Å². The SMILES string of the molecule is COc1ccc(-c2cc(C3=CN(C(C)=O)N(c4ccc(OC)c(OC)c4)O3)n(Cc3ccccc3)n2)cc1. The van der Waals surface area contributed by atoms with Crippen molar-refractivity contribution >= 4 is 17.4 Å². The molecule has 3 aromatic carbocycles. The quantitative estimate of drug-likeness (QED) is 0.324. The largest absolute Gasteiger partial charge is 0.497 e. The fourth-order valence-electron chi connectivity index (χ4n) is 4.17. The normalized spacial score (nSPS) is 12.7. The van der Waals surface area contributed by atoms with E-state index < -0.39 is 0 Å². The van der Waals surface area contributed by atoms with Gasteiger partial charge < -0.3 is 19.0 Å². The summed E-state index contributed by atoms with van der Waals surface area (Å²) >= 11 is 0. The molecular formula is C29H28N4O5. The van der Waals surface area contributed by atoms with Gasteiger partial charge in [0.15, 0.2) is 11.5 Å². The summed E-state index contributed by atoms with van der Waals surface area (Å²) in [4.78, 5) is 18.9. The Hall–Kier alpha value is -4.92. The predicted octanol–water partition coefficient (Wildman–Crippen LogP) is 5.14. The van der Waals surface area contributed by atoms with Gasteiger partial charge in [-0.25, -0.2) is 0 Å². The van der Waals surface area contributed by atoms with E-state index in [0.29, 0.717) is 35.2 Å². The maximum absolute atomic E-state index is 12.6. The Morgan fingerprint density at radius 2 is 1.61 bits per heavy atom. The van der Waals surface area contributed by atoms with Crippen molar-refractivity contribution in [3.05, 3.63) is 96.3 Å². The van der Waals surface area contributed by atoms with Crippen LogP contribution in [0.1, 0.15) is 18.2 Å². The zero-order chi connectivity index (χ0) is 26.6. The summed E-state index contributed by atoms with van der Waals surface area (Å²) in [6.07, 6.45) is 1.66. The maximum atomic E-state index is 12.6. The van der Waals surface area contributed by atoms with Gasteiger partial charge in [0.05, 0.1) is 39.8 Å². The smallest absolute Gasteiger partial charge is 0.244 e. The van der Waals surface area contributed by atoms with Crippen LogP contribution in [0.5, 0.6) is 17.2 Å². The molecule has 1 aromatic heterocycles. The van der Waals surface area contributed by atoms with Crippen LogP contribution in [0.4, 0.5) is 5.69 Å². The highest BCUT2D eigenvalue weighted by Gasteiger charge is 2.31. The molecule has 5 rings (SSSR count). The van der Waals surface area contributed by atoms with Gasteiger partial charge in [-0.05, 0) is 48.0 Å². The van der Waals surface area contributed by atoms with Crippen molar-refractivity contribution in [1.82, 2.24) is 14.8 Å². The molecule has 38 heavy (non-hydrogen) atoms. The second-order valence-electron chi connectivity index (χ2n) is 8.55. The number of ether oxygens (including phenoxy) is 3. The first kappa shape index (κ1) is 24.8. The van der Waals surface area contributed by atoms with Crippen molar-refractivity contribution in [2.45, 2.75) is 13.5 Å². The summed E-state index contributed by atoms with van der Waals surface area (Å²) in [6, 6.07) is 25.0. The molecule has 9 nitrogen and oxygen atoms in total. The topological polar surface area (TPSA) is 78.3 Å². The molecule has 9 heteroatoms. The Kier molecular flexibility index (Phi) is 6.90. The summed E-state index contributed by atoms with van der Waals surface area (Å²) in [5, 5.41) is 7.72. The minimum absolute atomic E-state index is 0.223. The van der Waals surface area contributed by atoms with E-state index in [4.69, 9.17) is 24.1 Å². The number of amides is 1. The number of hydrogen-bond donors (Lipinski definition) is 0. The van der Waals surface area contributed by atoms with Gasteiger partial charge in [0.1, 0.15) is 17.1 Å². The van der Waals surface area contributed by atoms with Gasteiger partial charge in [0.2, 0.25) is 11.7 Å². The third-order valence-electron chi connectivity index (χ3n) is 6.12. The molecule has 2 heterocycles. The fraction of sp³-hybridized carbons (Fsp3) is 0.172. The van der Waals surface area contributed by atoms with Crippen LogP contribution in [0.2, 0.25) is 0 Å². The van der Waals surface area contributed by atoms with Crippen molar-refractivity contribution in [1.29, 1.82) is 0 Å². The van der Waals surface area contributed by atoms with E-state index in [-0.39, 0.29) is 5.91 Å². The van der Waals surface area contributed by atoms with Crippen LogP contribution in [-0.4, -0.2) is 42.0 Å². The van der Waals surface area contributed by atoms with Crippen molar-refractivity contribution < 1.29 is 23.8 Å². The first-order valence-corrected chi connectivity index (χ1v) is 12.0. The van der Waals surface area contributed by atoms with Crippen LogP contribution in [0.15, 0.2) is 85.1 Å². The minimum Gasteiger partial charge on any atom is -0.497 e. The Balaban J connectivity index is 1.54. The zero-order valence-corrected chi connectivity index (χ0v) is 21.6. The number of rotatable bonds is 8. The Labute approximate surface area is 220 Å². The van der Waals surface area contributed by atoms with Crippen LogP contribution in [0.3, 0.4) is 0 Å². The van der Waals surface area contributed by atoms with E-state index >= 15 is 0 Å². The van der Waals surface area contributed by atoms with Crippen LogP contribution >= 0.6 is 0 Å². The standard InChI is InChI=1S/C29H28N4O5/c1-20(34)32-19-29(38-33(32)23-12-15-27(36-3)28(16-23)37-4)26-17-25(22-10-13-24(35-2)14-11-22)30-31(26)18-21-8-6-5-7-9-21/h5-17,19H,18H2,1-4H3. The number of aromatic nitrogens is 2. The number of nitrogens with zero attached hydrogens (tertiary/aromatic N) is 4. The average molecular weight is 513 g/mol. The second-order valence-corrected chi connectivity index (χ2v) is 8.55. The molecule has 0 saturated carbocycles. The van der Waals surface area contributed by atoms with Crippen molar-refractivity contribution in [2.75, 3.05) is 26.5 Å². The summed E-state index contributed by atoms with van der Waals surface area (Å²) in [6.45, 7) is 1.99. The monoisotopic (exact) mass is 512 g/mol. The van der Waals surface area contributed by atoms with Gasteiger partial charge >= 0.3 is 0 Å². The van der Waals surface area contributed by atoms with E-state index in [1.165, 1.54) is 17.1 Å². The lowest BCUT2D eigenvalue weighted by Gasteiger charge is -2.26. The molecule has 0 unspecified atom stereocenters. The summed E-state index contributed by atoms with van der Waals surface area (Å²) in [5.41, 5.74) is 4.08. The number of hydrazine groups is 1. The number of anilines is 1. The molecule has 0 saturated heterocycles. The van der Waals surface area contributed by atoms with Crippen molar-refractivity contribution in [2.24, 2.45) is 0 Å². The third-order valence-corrected chi connectivity index (χ3v) is 6.12. The van der Waals surface area contributed by atoms with Gasteiger partial charge in [0, 0.05) is 18.6 Å². The summed E-state index contributed by atoms with van der Waals surface area (Å²) in [7, 11) is 4.76. The minimum atomic E-state index is -0.223. The lowest BCUT2D eigenvalue weighted by molar-refractivity contribution is -0.129. The Morgan fingerprint density at radius 3 is 2.26 bits per heavy atom. The fourth-order valence-corrected chi connectivity index (χ4v) is 4.17. The molecule has 4 aromatic rings. The molecule has 0 N–H and O–H groups in total. The predicted molar refractivity (Wildman–Crippen MR) is 143 cm³/mol. The number of methoxy groups -OCH3 is 3. The van der Waals surface area contributed by atoms with Crippen LogP contribution < -0.4 is 19.4 Å². The first-order chi connectivity index (χ1) is 18.5. The molecule has 0 bridgehead atoms. The van der Waals surface area contributed by atoms with E-state index in [2.05, 4.69) is 0 Å². The lowest BCUT2D eigenvalue weighted by atomic mass is 10.1. The molecule has 194 valence electrons. The van der Waals surface area contributed by atoms with E-state index in [1.54, 1.807) is 45.7 Å². The first-order valence-electron chi connectivity index (χ1n) is 12.0. The molecule has 0 atom stereocenters. The third kappa shape index (κ3) is 4.86. The second kappa shape index (κ2) is 10.6. The van der Waals surface area contributed by atoms with Crippen LogP contribution in [0, 0.1) is 0 Å². The van der Waals surface area contributed by atoms with Gasteiger partial charge in [-0.3, -0.25) is 9.48 Å². The highest BCUT2D eigenvalue weighted by atomic mass is 16.7. The molecule has 0 aliphatic carbocycles. The van der Waals surface area contributed by atoms with Gasteiger partial charge in [-0.15, -0.1) is 5.17 Å². The number of hydrogen-bond acceptors (Lipinski definition) is 7.